The summed E-state index contributed by atoms with van der Waals surface area (Å²) >= 11 is 6.32. The molecule has 6 aromatic carbocycles. The molecule has 7 aromatic rings. The first-order chi connectivity index (χ1) is 19.3. The van der Waals surface area contributed by atoms with Gasteiger partial charge in [0.25, 0.3) is 0 Å². The minimum absolute atomic E-state index is 0.457. The van der Waals surface area contributed by atoms with Crippen molar-refractivity contribution in [2.24, 2.45) is 0 Å². The molecule has 2 aliphatic carbocycles. The Morgan fingerprint density at radius 1 is 0.487 bits per heavy atom. The highest BCUT2D eigenvalue weighted by molar-refractivity contribution is 6.30. The molecule has 0 saturated carbocycles. The van der Waals surface area contributed by atoms with E-state index in [9.17, 15) is 0 Å². The summed E-state index contributed by atoms with van der Waals surface area (Å²) in [5.41, 5.74) is 14.1. The van der Waals surface area contributed by atoms with Gasteiger partial charge in [-0.3, -0.25) is 0 Å². The molecule has 1 unspecified atom stereocenters. The van der Waals surface area contributed by atoms with Gasteiger partial charge in [0, 0.05) is 21.4 Å². The van der Waals surface area contributed by atoms with Gasteiger partial charge < -0.3 is 4.42 Å². The molecule has 9 rings (SSSR count). The average molecular weight is 517 g/mol. The fourth-order valence-electron chi connectivity index (χ4n) is 7.33. The van der Waals surface area contributed by atoms with Gasteiger partial charge in [0.2, 0.25) is 0 Å². The molecule has 0 N–H and O–H groups in total. The van der Waals surface area contributed by atoms with E-state index in [1.165, 1.54) is 55.6 Å². The standard InChI is InChI=1S/C37H21ClO/c38-23-18-16-22(17-19-23)24-11-7-12-27-25-8-1-4-13-30(25)37(35(24)27)31-14-5-2-10-29(31)34-32(37)21-20-28-26-9-3-6-15-33(26)39-36(28)34/h1-21H. The van der Waals surface area contributed by atoms with Gasteiger partial charge in [-0.1, -0.05) is 121 Å². The van der Waals surface area contributed by atoms with Crippen molar-refractivity contribution < 1.29 is 4.42 Å². The molecule has 0 radical (unpaired) electrons. The number of benzene rings is 6. The van der Waals surface area contributed by atoms with Crippen LogP contribution in [0.15, 0.2) is 132 Å². The van der Waals surface area contributed by atoms with Crippen LogP contribution in [0.25, 0.3) is 55.3 Å². The molecule has 0 amide bonds. The Morgan fingerprint density at radius 2 is 1.15 bits per heavy atom. The second kappa shape index (κ2) is 7.50. The quantitative estimate of drug-likeness (QED) is 0.211. The van der Waals surface area contributed by atoms with Gasteiger partial charge in [0.1, 0.15) is 11.2 Å². The molecular weight excluding hydrogens is 496 g/mol. The maximum atomic E-state index is 6.64. The molecule has 2 heteroatoms. The first kappa shape index (κ1) is 21.4. The average Bonchev–Trinajstić information content (AvgIpc) is 3.61. The Bertz CT molecular complexity index is 2130. The molecule has 1 aromatic heterocycles. The van der Waals surface area contributed by atoms with Gasteiger partial charge in [0.15, 0.2) is 0 Å². The van der Waals surface area contributed by atoms with Crippen molar-refractivity contribution in [2.75, 3.05) is 0 Å². The third-order valence-electron chi connectivity index (χ3n) is 8.77. The third-order valence-corrected chi connectivity index (χ3v) is 9.02. The third kappa shape index (κ3) is 2.56. The van der Waals surface area contributed by atoms with Crippen molar-refractivity contribution in [2.45, 2.75) is 5.41 Å². The molecule has 0 saturated heterocycles. The molecule has 0 fully saturated rings. The fourth-order valence-corrected chi connectivity index (χ4v) is 7.46. The molecule has 1 nitrogen and oxygen atoms in total. The Morgan fingerprint density at radius 3 is 2.00 bits per heavy atom. The first-order valence-corrected chi connectivity index (χ1v) is 13.7. The largest absolute Gasteiger partial charge is 0.455 e. The van der Waals surface area contributed by atoms with E-state index in [1.807, 2.05) is 18.2 Å². The highest BCUT2D eigenvalue weighted by atomic mass is 35.5. The van der Waals surface area contributed by atoms with Crippen molar-refractivity contribution in [3.63, 3.8) is 0 Å². The Kier molecular flexibility index (Phi) is 4.11. The van der Waals surface area contributed by atoms with Crippen molar-refractivity contribution in [1.82, 2.24) is 0 Å². The van der Waals surface area contributed by atoms with Crippen molar-refractivity contribution in [3.8, 4) is 33.4 Å². The second-order valence-corrected chi connectivity index (χ2v) is 11.0. The first-order valence-electron chi connectivity index (χ1n) is 13.3. The van der Waals surface area contributed by atoms with E-state index in [4.69, 9.17) is 16.0 Å². The predicted molar refractivity (Wildman–Crippen MR) is 160 cm³/mol. The van der Waals surface area contributed by atoms with E-state index in [0.717, 1.165) is 27.0 Å². The number of fused-ring (bicyclic) bond motifs is 14. The van der Waals surface area contributed by atoms with Crippen LogP contribution in [0.5, 0.6) is 0 Å². The number of para-hydroxylation sites is 1. The molecule has 182 valence electrons. The number of rotatable bonds is 1. The molecule has 1 heterocycles. The maximum Gasteiger partial charge on any atom is 0.143 e. The van der Waals surface area contributed by atoms with E-state index in [0.29, 0.717) is 0 Å². The zero-order valence-corrected chi connectivity index (χ0v) is 21.7. The molecule has 39 heavy (non-hydrogen) atoms. The van der Waals surface area contributed by atoms with Crippen molar-refractivity contribution >= 4 is 33.5 Å². The Labute approximate surface area is 230 Å². The Balaban J connectivity index is 1.49. The van der Waals surface area contributed by atoms with Crippen LogP contribution in [0.4, 0.5) is 0 Å². The lowest BCUT2D eigenvalue weighted by atomic mass is 9.68. The molecule has 2 aliphatic rings. The summed E-state index contributed by atoms with van der Waals surface area (Å²) in [6, 6.07) is 45.8. The van der Waals surface area contributed by atoms with Crippen LogP contribution in [-0.4, -0.2) is 0 Å². The minimum atomic E-state index is -0.457. The highest BCUT2D eigenvalue weighted by Gasteiger charge is 2.53. The Hall–Kier alpha value is -4.59. The van der Waals surface area contributed by atoms with E-state index in [1.54, 1.807) is 0 Å². The number of hydrogen-bond donors (Lipinski definition) is 0. The van der Waals surface area contributed by atoms with Gasteiger partial charge in [-0.2, -0.15) is 0 Å². The van der Waals surface area contributed by atoms with Crippen molar-refractivity contribution in [1.29, 1.82) is 0 Å². The summed E-state index contributed by atoms with van der Waals surface area (Å²) in [4.78, 5) is 0. The van der Waals surface area contributed by atoms with E-state index >= 15 is 0 Å². The number of furan rings is 1. The zero-order valence-electron chi connectivity index (χ0n) is 20.9. The summed E-state index contributed by atoms with van der Waals surface area (Å²) < 4.78 is 6.64. The molecular formula is C37H21ClO. The topological polar surface area (TPSA) is 13.1 Å². The normalized spacial score (nSPS) is 16.4. The van der Waals surface area contributed by atoms with E-state index in [2.05, 4.69) is 109 Å². The summed E-state index contributed by atoms with van der Waals surface area (Å²) in [6.45, 7) is 0. The summed E-state index contributed by atoms with van der Waals surface area (Å²) in [7, 11) is 0. The molecule has 0 aliphatic heterocycles. The second-order valence-electron chi connectivity index (χ2n) is 10.5. The molecule has 1 atom stereocenters. The maximum absolute atomic E-state index is 6.64. The van der Waals surface area contributed by atoms with Gasteiger partial charge in [0.05, 0.1) is 5.41 Å². The van der Waals surface area contributed by atoms with Crippen LogP contribution in [0.3, 0.4) is 0 Å². The summed E-state index contributed by atoms with van der Waals surface area (Å²) in [6.07, 6.45) is 0. The predicted octanol–water partition coefficient (Wildman–Crippen LogP) is 10.2. The van der Waals surface area contributed by atoms with E-state index < -0.39 is 5.41 Å². The lowest BCUT2D eigenvalue weighted by Crippen LogP contribution is -2.26. The van der Waals surface area contributed by atoms with Crippen LogP contribution in [-0.2, 0) is 5.41 Å². The monoisotopic (exact) mass is 516 g/mol. The fraction of sp³-hybridized carbons (Fsp3) is 0.0270. The van der Waals surface area contributed by atoms with E-state index in [-0.39, 0.29) is 0 Å². The van der Waals surface area contributed by atoms with Crippen LogP contribution < -0.4 is 0 Å². The van der Waals surface area contributed by atoms with Crippen molar-refractivity contribution in [3.05, 3.63) is 155 Å². The van der Waals surface area contributed by atoms with Gasteiger partial charge in [-0.25, -0.2) is 0 Å². The SMILES string of the molecule is Clc1ccc(-c2cccc3c2C2(c4ccccc4-3)c3ccccc3-c3c2ccc2c3oc3ccccc32)cc1. The van der Waals surface area contributed by atoms with Gasteiger partial charge >= 0.3 is 0 Å². The van der Waals surface area contributed by atoms with Crippen LogP contribution in [0, 0.1) is 0 Å². The summed E-state index contributed by atoms with van der Waals surface area (Å²) in [5.74, 6) is 0. The molecule has 1 spiro atoms. The van der Waals surface area contributed by atoms with Gasteiger partial charge in [-0.05, 0) is 68.3 Å². The van der Waals surface area contributed by atoms with Crippen LogP contribution in [0.1, 0.15) is 22.3 Å². The highest BCUT2D eigenvalue weighted by Crippen LogP contribution is 2.65. The van der Waals surface area contributed by atoms with Crippen LogP contribution in [0.2, 0.25) is 5.02 Å². The number of halogens is 1. The lowest BCUT2D eigenvalue weighted by molar-refractivity contribution is 0.669. The lowest BCUT2D eigenvalue weighted by Gasteiger charge is -2.32. The molecule has 0 bridgehead atoms. The van der Waals surface area contributed by atoms with Gasteiger partial charge in [-0.15, -0.1) is 0 Å². The zero-order chi connectivity index (χ0) is 25.7. The number of hydrogen-bond acceptors (Lipinski definition) is 1. The van der Waals surface area contributed by atoms with Crippen LogP contribution >= 0.6 is 11.6 Å². The minimum Gasteiger partial charge on any atom is -0.455 e. The smallest absolute Gasteiger partial charge is 0.143 e. The summed E-state index contributed by atoms with van der Waals surface area (Å²) in [5, 5.41) is 3.06.